The minimum absolute atomic E-state index is 1.05. The van der Waals surface area contributed by atoms with E-state index in [2.05, 4.69) is 73.3 Å². The zero-order valence-corrected chi connectivity index (χ0v) is 11.3. The van der Waals surface area contributed by atoms with Crippen molar-refractivity contribution in [3.8, 4) is 0 Å². The van der Waals surface area contributed by atoms with Crippen LogP contribution in [-0.2, 0) is 6.42 Å². The van der Waals surface area contributed by atoms with Gasteiger partial charge >= 0.3 is 0 Å². The van der Waals surface area contributed by atoms with Crippen LogP contribution in [0.3, 0.4) is 0 Å². The van der Waals surface area contributed by atoms with Crippen molar-refractivity contribution < 1.29 is 0 Å². The second-order valence-corrected chi connectivity index (χ2v) is 4.65. The lowest BCUT2D eigenvalue weighted by Gasteiger charge is -2.23. The van der Waals surface area contributed by atoms with Crippen molar-refractivity contribution in [3.05, 3.63) is 65.7 Å². The molecule has 0 saturated heterocycles. The quantitative estimate of drug-likeness (QED) is 0.760. The topological polar surface area (TPSA) is 3.24 Å². The fraction of sp³-hybridized carbons (Fsp3) is 0.294. The summed E-state index contributed by atoms with van der Waals surface area (Å²) < 4.78 is 0. The van der Waals surface area contributed by atoms with E-state index < -0.39 is 0 Å². The Balaban J connectivity index is 2.02. The standard InChI is InChI=1S/C17H21N/c1-3-18(17-11-7-8-15(2)14-17)13-12-16-9-5-4-6-10-16/h4-11,14H,3,12-13H2,1-2H3. The number of hydrogen-bond donors (Lipinski definition) is 0. The first-order chi connectivity index (χ1) is 8.79. The van der Waals surface area contributed by atoms with Crippen molar-refractivity contribution in [1.29, 1.82) is 0 Å². The highest BCUT2D eigenvalue weighted by molar-refractivity contribution is 5.48. The molecule has 0 aliphatic carbocycles. The number of rotatable bonds is 5. The molecule has 2 rings (SSSR count). The van der Waals surface area contributed by atoms with Gasteiger partial charge in [0.25, 0.3) is 0 Å². The summed E-state index contributed by atoms with van der Waals surface area (Å²) in [4.78, 5) is 2.43. The van der Waals surface area contributed by atoms with Gasteiger partial charge < -0.3 is 4.90 Å². The summed E-state index contributed by atoms with van der Waals surface area (Å²) in [6.45, 7) is 6.49. The molecule has 0 aromatic heterocycles. The van der Waals surface area contributed by atoms with Crippen LogP contribution in [0.15, 0.2) is 54.6 Å². The number of hydrogen-bond acceptors (Lipinski definition) is 1. The van der Waals surface area contributed by atoms with Gasteiger partial charge in [-0.3, -0.25) is 0 Å². The lowest BCUT2D eigenvalue weighted by atomic mass is 10.1. The molecule has 0 fully saturated rings. The summed E-state index contributed by atoms with van der Waals surface area (Å²) in [6.07, 6.45) is 1.10. The first-order valence-corrected chi connectivity index (χ1v) is 6.65. The lowest BCUT2D eigenvalue weighted by molar-refractivity contribution is 0.808. The Morgan fingerprint density at radius 1 is 0.944 bits per heavy atom. The Morgan fingerprint density at radius 3 is 2.39 bits per heavy atom. The van der Waals surface area contributed by atoms with Crippen LogP contribution < -0.4 is 4.90 Å². The monoisotopic (exact) mass is 239 g/mol. The lowest BCUT2D eigenvalue weighted by Crippen LogP contribution is -2.25. The largest absolute Gasteiger partial charge is 0.371 e. The number of nitrogens with zero attached hydrogens (tertiary/aromatic N) is 1. The molecule has 0 spiro atoms. The average Bonchev–Trinajstić information content (AvgIpc) is 2.41. The van der Waals surface area contributed by atoms with E-state index in [0.717, 1.165) is 19.5 Å². The maximum Gasteiger partial charge on any atom is 0.0368 e. The maximum atomic E-state index is 2.43. The summed E-state index contributed by atoms with van der Waals surface area (Å²) in [6, 6.07) is 19.4. The van der Waals surface area contributed by atoms with E-state index in [1.165, 1.54) is 16.8 Å². The Kier molecular flexibility index (Phi) is 4.40. The van der Waals surface area contributed by atoms with Crippen LogP contribution in [0.25, 0.3) is 0 Å². The minimum Gasteiger partial charge on any atom is -0.371 e. The molecular weight excluding hydrogens is 218 g/mol. The van der Waals surface area contributed by atoms with E-state index in [-0.39, 0.29) is 0 Å². The summed E-state index contributed by atoms with van der Waals surface area (Å²) in [5, 5.41) is 0. The zero-order valence-electron chi connectivity index (χ0n) is 11.3. The Morgan fingerprint density at radius 2 is 1.72 bits per heavy atom. The highest BCUT2D eigenvalue weighted by Crippen LogP contribution is 2.16. The zero-order chi connectivity index (χ0) is 12.8. The Hall–Kier alpha value is -1.76. The molecule has 0 bridgehead atoms. The molecule has 94 valence electrons. The molecule has 0 unspecified atom stereocenters. The number of anilines is 1. The molecule has 0 amide bonds. The third kappa shape index (κ3) is 3.36. The molecule has 0 aliphatic heterocycles. The molecule has 1 heteroatoms. The molecule has 2 aromatic rings. The van der Waals surface area contributed by atoms with Gasteiger partial charge in [-0.15, -0.1) is 0 Å². The second-order valence-electron chi connectivity index (χ2n) is 4.65. The molecule has 1 nitrogen and oxygen atoms in total. The van der Waals surface area contributed by atoms with Crippen molar-refractivity contribution in [2.75, 3.05) is 18.0 Å². The van der Waals surface area contributed by atoms with Crippen LogP contribution >= 0.6 is 0 Å². The van der Waals surface area contributed by atoms with Gasteiger partial charge in [0.05, 0.1) is 0 Å². The maximum absolute atomic E-state index is 2.43. The number of likely N-dealkylation sites (N-methyl/N-ethyl adjacent to an activating group) is 1. The molecule has 0 N–H and O–H groups in total. The Labute approximate surface area is 110 Å². The predicted molar refractivity (Wildman–Crippen MR) is 79.2 cm³/mol. The van der Waals surface area contributed by atoms with E-state index in [0.29, 0.717) is 0 Å². The van der Waals surface area contributed by atoms with E-state index in [9.17, 15) is 0 Å². The molecule has 0 heterocycles. The van der Waals surface area contributed by atoms with Crippen molar-refractivity contribution >= 4 is 5.69 Å². The summed E-state index contributed by atoms with van der Waals surface area (Å²) in [5.41, 5.74) is 4.06. The minimum atomic E-state index is 1.05. The molecule has 0 atom stereocenters. The molecule has 0 aliphatic rings. The predicted octanol–water partition coefficient (Wildman–Crippen LogP) is 4.06. The van der Waals surface area contributed by atoms with Crippen molar-refractivity contribution in [2.45, 2.75) is 20.3 Å². The highest BCUT2D eigenvalue weighted by Gasteiger charge is 2.04. The van der Waals surface area contributed by atoms with Gasteiger partial charge in [0.15, 0.2) is 0 Å². The van der Waals surface area contributed by atoms with Gasteiger partial charge in [-0.25, -0.2) is 0 Å². The van der Waals surface area contributed by atoms with Crippen LogP contribution in [0, 0.1) is 6.92 Å². The second kappa shape index (κ2) is 6.25. The van der Waals surface area contributed by atoms with E-state index >= 15 is 0 Å². The normalized spacial score (nSPS) is 10.3. The van der Waals surface area contributed by atoms with Crippen LogP contribution in [-0.4, -0.2) is 13.1 Å². The van der Waals surface area contributed by atoms with Crippen LogP contribution in [0.5, 0.6) is 0 Å². The first kappa shape index (κ1) is 12.7. The number of benzene rings is 2. The van der Waals surface area contributed by atoms with Gasteiger partial charge in [0.2, 0.25) is 0 Å². The first-order valence-electron chi connectivity index (χ1n) is 6.65. The van der Waals surface area contributed by atoms with E-state index in [1.807, 2.05) is 0 Å². The molecule has 2 aromatic carbocycles. The molecule has 0 saturated carbocycles. The van der Waals surface area contributed by atoms with E-state index in [1.54, 1.807) is 0 Å². The Bertz CT molecular complexity index is 476. The summed E-state index contributed by atoms with van der Waals surface area (Å²) in [5.74, 6) is 0. The van der Waals surface area contributed by atoms with E-state index in [4.69, 9.17) is 0 Å². The van der Waals surface area contributed by atoms with Crippen LogP contribution in [0.2, 0.25) is 0 Å². The fourth-order valence-corrected chi connectivity index (χ4v) is 2.20. The van der Waals surface area contributed by atoms with Crippen molar-refractivity contribution in [2.24, 2.45) is 0 Å². The SMILES string of the molecule is CCN(CCc1ccccc1)c1cccc(C)c1. The molecule has 18 heavy (non-hydrogen) atoms. The van der Waals surface area contributed by atoms with Crippen LogP contribution in [0.4, 0.5) is 5.69 Å². The van der Waals surface area contributed by atoms with Gasteiger partial charge in [-0.05, 0) is 43.5 Å². The third-order valence-electron chi connectivity index (χ3n) is 3.26. The van der Waals surface area contributed by atoms with Gasteiger partial charge in [0.1, 0.15) is 0 Å². The summed E-state index contributed by atoms with van der Waals surface area (Å²) >= 11 is 0. The highest BCUT2D eigenvalue weighted by atomic mass is 15.1. The fourth-order valence-electron chi connectivity index (χ4n) is 2.20. The van der Waals surface area contributed by atoms with Gasteiger partial charge in [-0.1, -0.05) is 42.5 Å². The van der Waals surface area contributed by atoms with Gasteiger partial charge in [0, 0.05) is 18.8 Å². The van der Waals surface area contributed by atoms with Crippen LogP contribution in [0.1, 0.15) is 18.1 Å². The summed E-state index contributed by atoms with van der Waals surface area (Å²) in [7, 11) is 0. The van der Waals surface area contributed by atoms with Crippen molar-refractivity contribution in [1.82, 2.24) is 0 Å². The molecular formula is C17H21N. The van der Waals surface area contributed by atoms with Gasteiger partial charge in [-0.2, -0.15) is 0 Å². The number of aryl methyl sites for hydroxylation is 1. The third-order valence-corrected chi connectivity index (χ3v) is 3.26. The molecule has 0 radical (unpaired) electrons. The van der Waals surface area contributed by atoms with Crippen molar-refractivity contribution in [3.63, 3.8) is 0 Å². The average molecular weight is 239 g/mol. The smallest absolute Gasteiger partial charge is 0.0368 e.